The molecule has 0 spiro atoms. The van der Waals surface area contributed by atoms with Gasteiger partial charge in [0.25, 0.3) is 5.91 Å². The van der Waals surface area contributed by atoms with Crippen molar-refractivity contribution in [1.82, 2.24) is 4.90 Å². The Morgan fingerprint density at radius 2 is 2.11 bits per heavy atom. The van der Waals surface area contributed by atoms with Crippen molar-refractivity contribution in [3.05, 3.63) is 48.1 Å². The molecule has 0 N–H and O–H groups in total. The molecule has 0 aliphatic heterocycles. The average Bonchev–Trinajstić information content (AvgIpc) is 2.53. The van der Waals surface area contributed by atoms with Crippen LogP contribution < -0.4 is 0 Å². The van der Waals surface area contributed by atoms with Crippen molar-refractivity contribution in [3.8, 4) is 0 Å². The van der Waals surface area contributed by atoms with Crippen molar-refractivity contribution >= 4 is 5.91 Å². The molecule has 1 aliphatic rings. The summed E-state index contributed by atoms with van der Waals surface area (Å²) in [7, 11) is 0. The Balaban J connectivity index is 3.07. The Bertz CT molecular complexity index is 397. The summed E-state index contributed by atoms with van der Waals surface area (Å²) in [6.07, 6.45) is 10.8. The van der Waals surface area contributed by atoms with Gasteiger partial charge in [0, 0.05) is 18.7 Å². The van der Waals surface area contributed by atoms with Gasteiger partial charge in [-0.05, 0) is 31.8 Å². The van der Waals surface area contributed by atoms with Crippen LogP contribution in [0.4, 0.5) is 0 Å². The quantitative estimate of drug-likeness (QED) is 0.679. The molecule has 0 aromatic rings. The first kappa shape index (κ1) is 14.5. The molecule has 18 heavy (non-hydrogen) atoms. The van der Waals surface area contributed by atoms with Crippen LogP contribution in [0, 0.1) is 5.92 Å². The Kier molecular flexibility index (Phi) is 5.63. The molecular weight excluding hydrogens is 222 g/mol. The molecule has 0 saturated carbocycles. The summed E-state index contributed by atoms with van der Waals surface area (Å²) in [6.45, 7) is 11.4. The fourth-order valence-electron chi connectivity index (χ4n) is 2.09. The number of carbonyl (C=O) groups excluding carboxylic acids is 1. The predicted molar refractivity (Wildman–Crippen MR) is 77.2 cm³/mol. The van der Waals surface area contributed by atoms with Gasteiger partial charge in [0.15, 0.2) is 0 Å². The molecule has 1 unspecified atom stereocenters. The minimum absolute atomic E-state index is 0.128. The van der Waals surface area contributed by atoms with E-state index in [4.69, 9.17) is 0 Å². The molecule has 0 aromatic carbocycles. The highest BCUT2D eigenvalue weighted by atomic mass is 16.2. The topological polar surface area (TPSA) is 20.3 Å². The van der Waals surface area contributed by atoms with Gasteiger partial charge in [-0.1, -0.05) is 37.3 Å². The maximum atomic E-state index is 12.5. The van der Waals surface area contributed by atoms with Crippen LogP contribution in [0.15, 0.2) is 48.1 Å². The number of allylic oxidation sites excluding steroid dienone is 5. The lowest BCUT2D eigenvalue weighted by molar-refractivity contribution is -0.126. The maximum absolute atomic E-state index is 12.5. The monoisotopic (exact) mass is 245 g/mol. The van der Waals surface area contributed by atoms with Crippen LogP contribution in [0.5, 0.6) is 0 Å². The maximum Gasteiger partial charge on any atom is 0.253 e. The average molecular weight is 245 g/mol. The lowest BCUT2D eigenvalue weighted by atomic mass is 9.99. The second-order valence-corrected chi connectivity index (χ2v) is 4.49. The van der Waals surface area contributed by atoms with E-state index in [-0.39, 0.29) is 11.8 Å². The highest BCUT2D eigenvalue weighted by Gasteiger charge is 2.19. The molecule has 0 radical (unpaired) electrons. The second kappa shape index (κ2) is 7.00. The fraction of sp³-hybridized carbons (Fsp3) is 0.438. The largest absolute Gasteiger partial charge is 0.339 e. The molecule has 0 saturated heterocycles. The van der Waals surface area contributed by atoms with Crippen molar-refractivity contribution in [1.29, 1.82) is 0 Å². The molecule has 0 fully saturated rings. The lowest BCUT2D eigenvalue weighted by Gasteiger charge is -2.21. The van der Waals surface area contributed by atoms with Crippen LogP contribution >= 0.6 is 0 Å². The van der Waals surface area contributed by atoms with Crippen molar-refractivity contribution in [3.63, 3.8) is 0 Å². The van der Waals surface area contributed by atoms with E-state index < -0.39 is 0 Å². The third-order valence-electron chi connectivity index (χ3n) is 3.13. The summed E-state index contributed by atoms with van der Waals surface area (Å²) in [5, 5.41) is 0. The van der Waals surface area contributed by atoms with Gasteiger partial charge < -0.3 is 4.90 Å². The summed E-state index contributed by atoms with van der Waals surface area (Å²) in [4.78, 5) is 14.4. The lowest BCUT2D eigenvalue weighted by Crippen LogP contribution is -2.32. The van der Waals surface area contributed by atoms with E-state index in [0.717, 1.165) is 30.7 Å². The van der Waals surface area contributed by atoms with Gasteiger partial charge in [0.05, 0.1) is 0 Å². The smallest absolute Gasteiger partial charge is 0.253 e. The summed E-state index contributed by atoms with van der Waals surface area (Å²) >= 11 is 0. The van der Waals surface area contributed by atoms with E-state index in [1.165, 1.54) is 0 Å². The van der Waals surface area contributed by atoms with Gasteiger partial charge in [-0.2, -0.15) is 0 Å². The van der Waals surface area contributed by atoms with E-state index >= 15 is 0 Å². The Hall–Kier alpha value is -1.57. The Morgan fingerprint density at radius 3 is 2.67 bits per heavy atom. The van der Waals surface area contributed by atoms with Crippen LogP contribution in [-0.2, 0) is 4.79 Å². The molecule has 1 amide bonds. The van der Waals surface area contributed by atoms with Crippen molar-refractivity contribution in [2.24, 2.45) is 5.92 Å². The zero-order valence-corrected chi connectivity index (χ0v) is 11.6. The van der Waals surface area contributed by atoms with Gasteiger partial charge >= 0.3 is 0 Å². The normalized spacial score (nSPS) is 18.7. The molecule has 1 aliphatic carbocycles. The standard InChI is InChI=1S/C16H23NO/c1-5-9-14-11-8-10-13(4)12-15(14)16(18)17(6-2)7-3/h5,8,10-13H,1,6-7,9H2,2-4H3. The van der Waals surface area contributed by atoms with Crippen LogP contribution in [0.25, 0.3) is 0 Å². The summed E-state index contributed by atoms with van der Waals surface area (Å²) in [6, 6.07) is 0. The van der Waals surface area contributed by atoms with Crippen LogP contribution in [0.2, 0.25) is 0 Å². The first-order chi connectivity index (χ1) is 8.63. The SMILES string of the molecule is C=CCC1=CC=CC(C)C=C1C(=O)N(CC)CC. The third kappa shape index (κ3) is 3.46. The molecule has 0 heterocycles. The number of rotatable bonds is 5. The summed E-state index contributed by atoms with van der Waals surface area (Å²) in [5.74, 6) is 0.418. The molecule has 0 bridgehead atoms. The minimum Gasteiger partial charge on any atom is -0.339 e. The van der Waals surface area contributed by atoms with Crippen molar-refractivity contribution < 1.29 is 4.79 Å². The van der Waals surface area contributed by atoms with Crippen molar-refractivity contribution in [2.75, 3.05) is 13.1 Å². The molecular formula is C16H23NO. The number of hydrogen-bond donors (Lipinski definition) is 0. The minimum atomic E-state index is 0.128. The first-order valence-electron chi connectivity index (χ1n) is 6.63. The molecule has 1 atom stereocenters. The molecule has 98 valence electrons. The van der Waals surface area contributed by atoms with Gasteiger partial charge in [0.1, 0.15) is 0 Å². The fourth-order valence-corrected chi connectivity index (χ4v) is 2.09. The second-order valence-electron chi connectivity index (χ2n) is 4.49. The molecule has 1 rings (SSSR count). The van der Waals surface area contributed by atoms with E-state index in [1.807, 2.05) is 37.0 Å². The summed E-state index contributed by atoms with van der Waals surface area (Å²) in [5.41, 5.74) is 1.89. The molecule has 0 aromatic heterocycles. The van der Waals surface area contributed by atoms with Gasteiger partial charge in [-0.15, -0.1) is 6.58 Å². The Morgan fingerprint density at radius 1 is 1.44 bits per heavy atom. The summed E-state index contributed by atoms with van der Waals surface area (Å²) < 4.78 is 0. The zero-order valence-electron chi connectivity index (χ0n) is 11.6. The number of carbonyl (C=O) groups is 1. The first-order valence-corrected chi connectivity index (χ1v) is 6.63. The van der Waals surface area contributed by atoms with E-state index in [2.05, 4.69) is 25.7 Å². The van der Waals surface area contributed by atoms with Gasteiger partial charge in [-0.3, -0.25) is 4.79 Å². The molecule has 2 nitrogen and oxygen atoms in total. The number of likely N-dealkylation sites (N-methyl/N-ethyl adjacent to an activating group) is 1. The van der Waals surface area contributed by atoms with Gasteiger partial charge in [0.2, 0.25) is 0 Å². The predicted octanol–water partition coefficient (Wildman–Crippen LogP) is 3.49. The van der Waals surface area contributed by atoms with E-state index in [0.29, 0.717) is 0 Å². The van der Waals surface area contributed by atoms with Crippen LogP contribution in [-0.4, -0.2) is 23.9 Å². The number of nitrogens with zero attached hydrogens (tertiary/aromatic N) is 1. The van der Waals surface area contributed by atoms with E-state index in [1.54, 1.807) is 0 Å². The van der Waals surface area contributed by atoms with Gasteiger partial charge in [-0.25, -0.2) is 0 Å². The zero-order chi connectivity index (χ0) is 13.5. The van der Waals surface area contributed by atoms with Crippen molar-refractivity contribution in [2.45, 2.75) is 27.2 Å². The van der Waals surface area contributed by atoms with Crippen LogP contribution in [0.1, 0.15) is 27.2 Å². The highest BCUT2D eigenvalue weighted by molar-refractivity contribution is 5.98. The number of hydrogen-bond acceptors (Lipinski definition) is 1. The Labute approximate surface area is 110 Å². The third-order valence-corrected chi connectivity index (χ3v) is 3.13. The van der Waals surface area contributed by atoms with E-state index in [9.17, 15) is 4.79 Å². The highest BCUT2D eigenvalue weighted by Crippen LogP contribution is 2.23. The van der Waals surface area contributed by atoms with Crippen LogP contribution in [0.3, 0.4) is 0 Å². The molecule has 2 heteroatoms. The number of amides is 1.